The Balaban J connectivity index is 1.77. The summed E-state index contributed by atoms with van der Waals surface area (Å²) in [4.78, 5) is 44.8. The van der Waals surface area contributed by atoms with Gasteiger partial charge in [-0.2, -0.15) is 4.98 Å². The molecule has 0 saturated carbocycles. The third-order valence-corrected chi connectivity index (χ3v) is 4.74. The van der Waals surface area contributed by atoms with Gasteiger partial charge in [0, 0.05) is 35.4 Å². The van der Waals surface area contributed by atoms with E-state index >= 15 is 0 Å². The van der Waals surface area contributed by atoms with Gasteiger partial charge in [0.1, 0.15) is 11.4 Å². The Bertz CT molecular complexity index is 1200. The summed E-state index contributed by atoms with van der Waals surface area (Å²) in [5.41, 5.74) is 7.65. The molecule has 11 heteroatoms. The standard InChI is InChI=1S/C24H28N8O3/c1-3-11-27-22-19(13-28-24(32-22)31-16-9-7-15(8-10-16)21(25)34)23(35)30-18-6-4-5-17(12-18)29-20(33)14-26-2/h4-10,12-13,26H,3,11,14H2,1-2H3,(H2,25,34)(H,29,33)(H,30,35)(H2,27,28,31,32). The Hall–Kier alpha value is -4.51. The molecule has 35 heavy (non-hydrogen) atoms. The van der Waals surface area contributed by atoms with Crippen molar-refractivity contribution in [2.75, 3.05) is 41.4 Å². The lowest BCUT2D eigenvalue weighted by atomic mass is 10.2. The molecule has 0 spiro atoms. The molecule has 182 valence electrons. The Morgan fingerprint density at radius 1 is 0.971 bits per heavy atom. The average molecular weight is 477 g/mol. The fourth-order valence-electron chi connectivity index (χ4n) is 3.07. The van der Waals surface area contributed by atoms with Crippen LogP contribution in [0.1, 0.15) is 34.1 Å². The summed E-state index contributed by atoms with van der Waals surface area (Å²) in [6.45, 7) is 2.79. The molecule has 0 saturated heterocycles. The van der Waals surface area contributed by atoms with E-state index in [-0.39, 0.29) is 24.0 Å². The number of hydrogen-bond donors (Lipinski definition) is 6. The number of carbonyl (C=O) groups excluding carboxylic acids is 3. The lowest BCUT2D eigenvalue weighted by Crippen LogP contribution is -2.25. The molecule has 0 unspecified atom stereocenters. The van der Waals surface area contributed by atoms with Gasteiger partial charge in [0.15, 0.2) is 0 Å². The number of rotatable bonds is 11. The molecule has 3 amide bonds. The molecule has 1 aromatic heterocycles. The number of hydrogen-bond acceptors (Lipinski definition) is 8. The Morgan fingerprint density at radius 2 is 1.69 bits per heavy atom. The molecule has 0 aliphatic rings. The normalized spacial score (nSPS) is 10.3. The minimum atomic E-state index is -0.514. The zero-order valence-corrected chi connectivity index (χ0v) is 19.5. The van der Waals surface area contributed by atoms with Crippen LogP contribution in [-0.2, 0) is 4.79 Å². The van der Waals surface area contributed by atoms with Crippen molar-refractivity contribution in [3.05, 3.63) is 65.9 Å². The summed E-state index contributed by atoms with van der Waals surface area (Å²) >= 11 is 0. The zero-order valence-electron chi connectivity index (χ0n) is 19.5. The highest BCUT2D eigenvalue weighted by Crippen LogP contribution is 2.21. The van der Waals surface area contributed by atoms with Crippen molar-refractivity contribution in [2.24, 2.45) is 5.73 Å². The molecule has 0 aliphatic heterocycles. The summed E-state index contributed by atoms with van der Waals surface area (Å²) in [5.74, 6) is -0.460. The number of amides is 3. The third-order valence-electron chi connectivity index (χ3n) is 4.74. The topological polar surface area (TPSA) is 163 Å². The van der Waals surface area contributed by atoms with Crippen LogP contribution in [0.15, 0.2) is 54.7 Å². The van der Waals surface area contributed by atoms with Gasteiger partial charge in [-0.05, 0) is 55.9 Å². The number of nitrogens with two attached hydrogens (primary N) is 1. The van der Waals surface area contributed by atoms with Crippen LogP contribution in [0.5, 0.6) is 0 Å². The number of benzene rings is 2. The summed E-state index contributed by atoms with van der Waals surface area (Å²) in [7, 11) is 1.68. The highest BCUT2D eigenvalue weighted by molar-refractivity contribution is 6.07. The van der Waals surface area contributed by atoms with Gasteiger partial charge in [0.2, 0.25) is 17.8 Å². The van der Waals surface area contributed by atoms with E-state index in [9.17, 15) is 14.4 Å². The molecule has 0 fully saturated rings. The van der Waals surface area contributed by atoms with Crippen LogP contribution < -0.4 is 32.3 Å². The van der Waals surface area contributed by atoms with Crippen molar-refractivity contribution in [1.82, 2.24) is 15.3 Å². The van der Waals surface area contributed by atoms with E-state index in [1.165, 1.54) is 6.20 Å². The fraction of sp³-hybridized carbons (Fsp3) is 0.208. The SMILES string of the molecule is CCCNc1nc(Nc2ccc(C(N)=O)cc2)ncc1C(=O)Nc1cccc(NC(=O)CNC)c1. The molecule has 0 atom stereocenters. The van der Waals surface area contributed by atoms with Crippen molar-refractivity contribution in [1.29, 1.82) is 0 Å². The van der Waals surface area contributed by atoms with Crippen LogP contribution >= 0.6 is 0 Å². The van der Waals surface area contributed by atoms with Crippen LogP contribution in [-0.4, -0.2) is 47.8 Å². The molecule has 11 nitrogen and oxygen atoms in total. The van der Waals surface area contributed by atoms with E-state index in [1.54, 1.807) is 55.6 Å². The molecule has 2 aromatic carbocycles. The van der Waals surface area contributed by atoms with E-state index in [2.05, 4.69) is 36.6 Å². The summed E-state index contributed by atoms with van der Waals surface area (Å²) in [5, 5.41) is 14.5. The maximum absolute atomic E-state index is 13.0. The molecule has 0 radical (unpaired) electrons. The average Bonchev–Trinajstić information content (AvgIpc) is 2.83. The highest BCUT2D eigenvalue weighted by atomic mass is 16.2. The quantitative estimate of drug-likeness (QED) is 0.246. The first-order valence-electron chi connectivity index (χ1n) is 11.0. The van der Waals surface area contributed by atoms with Gasteiger partial charge in [-0.3, -0.25) is 14.4 Å². The molecular formula is C24H28N8O3. The molecule has 1 heterocycles. The summed E-state index contributed by atoms with van der Waals surface area (Å²) < 4.78 is 0. The lowest BCUT2D eigenvalue weighted by Gasteiger charge is -2.13. The number of nitrogens with one attached hydrogen (secondary N) is 5. The van der Waals surface area contributed by atoms with Gasteiger partial charge >= 0.3 is 0 Å². The second kappa shape index (κ2) is 12.1. The van der Waals surface area contributed by atoms with Gasteiger partial charge in [0.05, 0.1) is 6.54 Å². The number of primary amides is 1. The number of carbonyl (C=O) groups is 3. The Kier molecular flexibility index (Phi) is 8.68. The van der Waals surface area contributed by atoms with Crippen LogP contribution in [0.25, 0.3) is 0 Å². The number of nitrogens with zero attached hydrogens (tertiary/aromatic N) is 2. The first kappa shape index (κ1) is 25.1. The highest BCUT2D eigenvalue weighted by Gasteiger charge is 2.16. The Morgan fingerprint density at radius 3 is 2.34 bits per heavy atom. The van der Waals surface area contributed by atoms with Crippen LogP contribution in [0.3, 0.4) is 0 Å². The van der Waals surface area contributed by atoms with Gasteiger partial charge < -0.3 is 32.3 Å². The maximum atomic E-state index is 13.0. The van der Waals surface area contributed by atoms with E-state index in [1.807, 2.05) is 6.92 Å². The zero-order chi connectivity index (χ0) is 25.2. The van der Waals surface area contributed by atoms with Crippen molar-refractivity contribution in [2.45, 2.75) is 13.3 Å². The first-order valence-corrected chi connectivity index (χ1v) is 11.0. The summed E-state index contributed by atoms with van der Waals surface area (Å²) in [6, 6.07) is 13.4. The monoisotopic (exact) mass is 476 g/mol. The number of anilines is 5. The van der Waals surface area contributed by atoms with E-state index in [0.717, 1.165) is 6.42 Å². The van der Waals surface area contributed by atoms with E-state index < -0.39 is 11.8 Å². The van der Waals surface area contributed by atoms with Crippen LogP contribution in [0.4, 0.5) is 28.8 Å². The van der Waals surface area contributed by atoms with Gasteiger partial charge in [-0.1, -0.05) is 13.0 Å². The number of aromatic nitrogens is 2. The molecule has 0 aliphatic carbocycles. The van der Waals surface area contributed by atoms with Crippen LogP contribution in [0, 0.1) is 0 Å². The van der Waals surface area contributed by atoms with Gasteiger partial charge in [-0.15, -0.1) is 0 Å². The predicted molar refractivity (Wildman–Crippen MR) is 136 cm³/mol. The van der Waals surface area contributed by atoms with Gasteiger partial charge in [-0.25, -0.2) is 4.98 Å². The van der Waals surface area contributed by atoms with E-state index in [4.69, 9.17) is 5.73 Å². The molecule has 3 rings (SSSR count). The second-order valence-electron chi connectivity index (χ2n) is 7.56. The Labute approximate surface area is 202 Å². The smallest absolute Gasteiger partial charge is 0.260 e. The minimum Gasteiger partial charge on any atom is -0.369 e. The third kappa shape index (κ3) is 7.24. The molecule has 0 bridgehead atoms. The lowest BCUT2D eigenvalue weighted by molar-refractivity contribution is -0.115. The maximum Gasteiger partial charge on any atom is 0.260 e. The molecular weight excluding hydrogens is 448 g/mol. The fourth-order valence-corrected chi connectivity index (χ4v) is 3.07. The molecule has 3 aromatic rings. The largest absolute Gasteiger partial charge is 0.369 e. The molecule has 7 N–H and O–H groups in total. The van der Waals surface area contributed by atoms with Gasteiger partial charge in [0.25, 0.3) is 5.91 Å². The van der Waals surface area contributed by atoms with Crippen molar-refractivity contribution in [3.8, 4) is 0 Å². The van der Waals surface area contributed by atoms with E-state index in [0.29, 0.717) is 35.0 Å². The van der Waals surface area contributed by atoms with Crippen molar-refractivity contribution >= 4 is 46.5 Å². The second-order valence-corrected chi connectivity index (χ2v) is 7.56. The van der Waals surface area contributed by atoms with Crippen molar-refractivity contribution in [3.63, 3.8) is 0 Å². The van der Waals surface area contributed by atoms with Crippen LogP contribution in [0.2, 0.25) is 0 Å². The van der Waals surface area contributed by atoms with Crippen molar-refractivity contribution < 1.29 is 14.4 Å². The number of likely N-dealkylation sites (N-methyl/N-ethyl adjacent to an activating group) is 1. The first-order chi connectivity index (χ1) is 16.9. The summed E-state index contributed by atoms with van der Waals surface area (Å²) in [6.07, 6.45) is 2.26. The minimum absolute atomic E-state index is 0.177. The predicted octanol–water partition coefficient (Wildman–Crippen LogP) is 2.55.